The monoisotopic (exact) mass is 346 g/mol. The highest BCUT2D eigenvalue weighted by atomic mass is 32.2. The van der Waals surface area contributed by atoms with E-state index in [4.69, 9.17) is 0 Å². The van der Waals surface area contributed by atoms with Crippen molar-refractivity contribution in [3.8, 4) is 0 Å². The summed E-state index contributed by atoms with van der Waals surface area (Å²) in [5.41, 5.74) is 0.843. The van der Waals surface area contributed by atoms with Crippen molar-refractivity contribution < 1.29 is 13.3 Å². The van der Waals surface area contributed by atoms with Crippen LogP contribution in [0.2, 0.25) is 0 Å². The van der Waals surface area contributed by atoms with E-state index in [1.807, 2.05) is 37.3 Å². The lowest BCUT2D eigenvalue weighted by Gasteiger charge is -2.28. The van der Waals surface area contributed by atoms with Crippen molar-refractivity contribution in [2.45, 2.75) is 36.7 Å². The lowest BCUT2D eigenvalue weighted by molar-refractivity contribution is -0.384. The van der Waals surface area contributed by atoms with Crippen LogP contribution in [0.1, 0.15) is 31.4 Å². The van der Waals surface area contributed by atoms with E-state index in [2.05, 4.69) is 0 Å². The minimum Gasteiger partial charge on any atom is -0.258 e. The van der Waals surface area contributed by atoms with Crippen LogP contribution in [0.15, 0.2) is 59.5 Å². The SMILES string of the molecule is C[C@H]1CC[C@H](c2ccccc2)N1S(=O)(=O)c1ccc([N+](=O)[O-])cc1. The number of hydrogen-bond acceptors (Lipinski definition) is 4. The predicted molar refractivity (Wildman–Crippen MR) is 90.0 cm³/mol. The third-order valence-electron chi connectivity index (χ3n) is 4.41. The molecule has 2 aromatic carbocycles. The first-order chi connectivity index (χ1) is 11.4. The number of nitro benzene ring substituents is 1. The summed E-state index contributed by atoms with van der Waals surface area (Å²) < 4.78 is 27.7. The molecular formula is C17H18N2O4S. The highest BCUT2D eigenvalue weighted by Gasteiger charge is 2.40. The number of sulfonamides is 1. The van der Waals surface area contributed by atoms with Crippen molar-refractivity contribution in [2.75, 3.05) is 0 Å². The van der Waals surface area contributed by atoms with E-state index < -0.39 is 14.9 Å². The Morgan fingerprint density at radius 1 is 1.04 bits per heavy atom. The van der Waals surface area contributed by atoms with Gasteiger partial charge >= 0.3 is 0 Å². The van der Waals surface area contributed by atoms with Crippen molar-refractivity contribution in [2.24, 2.45) is 0 Å². The van der Waals surface area contributed by atoms with Crippen molar-refractivity contribution >= 4 is 15.7 Å². The fraction of sp³-hybridized carbons (Fsp3) is 0.294. The average molecular weight is 346 g/mol. The van der Waals surface area contributed by atoms with Gasteiger partial charge in [0, 0.05) is 18.2 Å². The molecule has 6 nitrogen and oxygen atoms in total. The normalized spacial score (nSPS) is 21.7. The number of nitrogens with zero attached hydrogens (tertiary/aromatic N) is 2. The number of non-ortho nitro benzene ring substituents is 1. The van der Waals surface area contributed by atoms with E-state index in [0.717, 1.165) is 18.4 Å². The summed E-state index contributed by atoms with van der Waals surface area (Å²) in [6, 6.07) is 14.3. The van der Waals surface area contributed by atoms with Gasteiger partial charge in [-0.3, -0.25) is 10.1 Å². The Hall–Kier alpha value is -2.25. The van der Waals surface area contributed by atoms with Crippen LogP contribution in [0.25, 0.3) is 0 Å². The standard InChI is InChI=1S/C17H18N2O4S/c1-13-7-12-17(14-5-3-2-4-6-14)18(13)24(22,23)16-10-8-15(9-11-16)19(20)21/h2-6,8-11,13,17H,7,12H2,1H3/t13-,17+/m0/s1. The Kier molecular flexibility index (Phi) is 4.38. The molecule has 0 radical (unpaired) electrons. The number of benzene rings is 2. The molecule has 2 atom stereocenters. The van der Waals surface area contributed by atoms with Gasteiger partial charge in [0.05, 0.1) is 15.9 Å². The molecule has 0 spiro atoms. The molecule has 0 N–H and O–H groups in total. The Morgan fingerprint density at radius 2 is 1.67 bits per heavy atom. The van der Waals surface area contributed by atoms with Crippen LogP contribution in [-0.2, 0) is 10.0 Å². The second-order valence-corrected chi connectivity index (χ2v) is 7.78. The van der Waals surface area contributed by atoms with Gasteiger partial charge in [0.2, 0.25) is 10.0 Å². The van der Waals surface area contributed by atoms with Crippen LogP contribution in [0, 0.1) is 10.1 Å². The maximum Gasteiger partial charge on any atom is 0.269 e. The molecule has 24 heavy (non-hydrogen) atoms. The third kappa shape index (κ3) is 2.92. The van der Waals surface area contributed by atoms with Gasteiger partial charge in [0.15, 0.2) is 0 Å². The zero-order chi connectivity index (χ0) is 17.3. The molecule has 1 aliphatic rings. The van der Waals surface area contributed by atoms with Gasteiger partial charge in [-0.1, -0.05) is 30.3 Å². The van der Waals surface area contributed by atoms with Gasteiger partial charge in [-0.05, 0) is 37.5 Å². The highest BCUT2D eigenvalue weighted by Crippen LogP contribution is 2.40. The quantitative estimate of drug-likeness (QED) is 0.627. The van der Waals surface area contributed by atoms with Crippen LogP contribution in [0.5, 0.6) is 0 Å². The first-order valence-electron chi connectivity index (χ1n) is 7.74. The maximum absolute atomic E-state index is 13.1. The van der Waals surface area contributed by atoms with Gasteiger partial charge in [0.25, 0.3) is 5.69 Å². The fourth-order valence-electron chi connectivity index (χ4n) is 3.22. The van der Waals surface area contributed by atoms with E-state index in [1.165, 1.54) is 28.6 Å². The van der Waals surface area contributed by atoms with E-state index in [-0.39, 0.29) is 22.7 Å². The van der Waals surface area contributed by atoms with Gasteiger partial charge in [-0.15, -0.1) is 0 Å². The number of rotatable bonds is 4. The minimum atomic E-state index is -3.72. The average Bonchev–Trinajstić information content (AvgIpc) is 2.98. The molecule has 7 heteroatoms. The second-order valence-electron chi connectivity index (χ2n) is 5.94. The van der Waals surface area contributed by atoms with Gasteiger partial charge in [-0.2, -0.15) is 4.31 Å². The molecule has 126 valence electrons. The number of hydrogen-bond donors (Lipinski definition) is 0. The predicted octanol–water partition coefficient (Wildman–Crippen LogP) is 3.51. The molecule has 3 rings (SSSR count). The molecule has 1 fully saturated rings. The minimum absolute atomic E-state index is 0.0859. The zero-order valence-corrected chi connectivity index (χ0v) is 14.0. The molecule has 2 aromatic rings. The molecule has 1 heterocycles. The number of nitro groups is 1. The molecule has 0 aromatic heterocycles. The largest absolute Gasteiger partial charge is 0.269 e. The summed E-state index contributed by atoms with van der Waals surface area (Å²) in [4.78, 5) is 10.3. The van der Waals surface area contributed by atoms with Crippen molar-refractivity contribution in [3.05, 3.63) is 70.3 Å². The Bertz CT molecular complexity index is 835. The topological polar surface area (TPSA) is 80.5 Å². The molecule has 0 aliphatic carbocycles. The van der Waals surface area contributed by atoms with Crippen LogP contribution >= 0.6 is 0 Å². The second kappa shape index (κ2) is 6.33. The lowest BCUT2D eigenvalue weighted by Crippen LogP contribution is -2.35. The van der Waals surface area contributed by atoms with Crippen molar-refractivity contribution in [3.63, 3.8) is 0 Å². The smallest absolute Gasteiger partial charge is 0.258 e. The van der Waals surface area contributed by atoms with E-state index >= 15 is 0 Å². The van der Waals surface area contributed by atoms with Crippen LogP contribution in [0.4, 0.5) is 5.69 Å². The Balaban J connectivity index is 1.99. The molecule has 0 unspecified atom stereocenters. The first kappa shape index (κ1) is 16.6. The summed E-state index contributed by atoms with van der Waals surface area (Å²) in [6.07, 6.45) is 1.54. The van der Waals surface area contributed by atoms with E-state index in [0.29, 0.717) is 0 Å². The molecule has 0 bridgehead atoms. The summed E-state index contributed by atoms with van der Waals surface area (Å²) >= 11 is 0. The molecule has 0 amide bonds. The van der Waals surface area contributed by atoms with E-state index in [9.17, 15) is 18.5 Å². The third-order valence-corrected chi connectivity index (χ3v) is 6.44. The van der Waals surface area contributed by atoms with Crippen molar-refractivity contribution in [1.82, 2.24) is 4.31 Å². The Morgan fingerprint density at radius 3 is 2.25 bits per heavy atom. The molecular weight excluding hydrogens is 328 g/mol. The van der Waals surface area contributed by atoms with Gasteiger partial charge in [0.1, 0.15) is 0 Å². The zero-order valence-electron chi connectivity index (χ0n) is 13.2. The van der Waals surface area contributed by atoms with Gasteiger partial charge < -0.3 is 0 Å². The maximum atomic E-state index is 13.1. The summed E-state index contributed by atoms with van der Waals surface area (Å²) in [6.45, 7) is 1.89. The van der Waals surface area contributed by atoms with E-state index in [1.54, 1.807) is 0 Å². The van der Waals surface area contributed by atoms with Gasteiger partial charge in [-0.25, -0.2) is 8.42 Å². The van der Waals surface area contributed by atoms with Crippen LogP contribution < -0.4 is 0 Å². The summed E-state index contributed by atoms with van der Waals surface area (Å²) in [7, 11) is -3.72. The summed E-state index contributed by atoms with van der Waals surface area (Å²) in [5.74, 6) is 0. The first-order valence-corrected chi connectivity index (χ1v) is 9.18. The highest BCUT2D eigenvalue weighted by molar-refractivity contribution is 7.89. The molecule has 1 saturated heterocycles. The van der Waals surface area contributed by atoms with Crippen molar-refractivity contribution in [1.29, 1.82) is 0 Å². The Labute approximate surface area is 140 Å². The lowest BCUT2D eigenvalue weighted by atomic mass is 10.1. The molecule has 0 saturated carbocycles. The van der Waals surface area contributed by atoms with Crippen LogP contribution in [0.3, 0.4) is 0 Å². The van der Waals surface area contributed by atoms with Crippen LogP contribution in [-0.4, -0.2) is 23.7 Å². The molecule has 1 aliphatic heterocycles. The summed E-state index contributed by atoms with van der Waals surface area (Å²) in [5, 5.41) is 10.8. The fourth-order valence-corrected chi connectivity index (χ4v) is 5.08.